The van der Waals surface area contributed by atoms with Gasteiger partial charge >= 0.3 is 0 Å². The van der Waals surface area contributed by atoms with Crippen LogP contribution in [-0.4, -0.2) is 24.4 Å². The first-order chi connectivity index (χ1) is 13.1. The molecule has 2 aromatic rings. The maximum Gasteiger partial charge on any atom is 0.251 e. The number of hydrogen-bond donors (Lipinski definition) is 2. The van der Waals surface area contributed by atoms with Crippen molar-refractivity contribution < 1.29 is 9.59 Å². The Morgan fingerprint density at radius 3 is 2.26 bits per heavy atom. The van der Waals surface area contributed by atoms with Crippen molar-refractivity contribution in [3.8, 4) is 0 Å². The molecule has 1 fully saturated rings. The molecule has 0 spiro atoms. The van der Waals surface area contributed by atoms with Gasteiger partial charge in [-0.3, -0.25) is 9.59 Å². The third kappa shape index (κ3) is 5.83. The molecular weight excluding hydrogens is 360 g/mol. The lowest BCUT2D eigenvalue weighted by atomic mass is 9.95. The zero-order valence-electron chi connectivity index (χ0n) is 15.3. The van der Waals surface area contributed by atoms with Crippen molar-refractivity contribution in [1.82, 2.24) is 10.6 Å². The first-order valence-corrected chi connectivity index (χ1v) is 9.93. The quantitative estimate of drug-likeness (QED) is 0.776. The van der Waals surface area contributed by atoms with Gasteiger partial charge in [-0.1, -0.05) is 43.0 Å². The summed E-state index contributed by atoms with van der Waals surface area (Å²) in [5, 5.41) is 6.68. The van der Waals surface area contributed by atoms with Gasteiger partial charge in [-0.15, -0.1) is 0 Å². The second kappa shape index (κ2) is 9.56. The number of amides is 2. The van der Waals surface area contributed by atoms with E-state index in [0.29, 0.717) is 29.1 Å². The van der Waals surface area contributed by atoms with Gasteiger partial charge < -0.3 is 10.6 Å². The summed E-state index contributed by atoms with van der Waals surface area (Å²) in [6.45, 7) is 0.531. The summed E-state index contributed by atoms with van der Waals surface area (Å²) in [5.74, 6) is -0.203. The van der Waals surface area contributed by atoms with Crippen molar-refractivity contribution in [2.24, 2.45) is 0 Å². The third-order valence-electron chi connectivity index (χ3n) is 4.94. The summed E-state index contributed by atoms with van der Waals surface area (Å²) < 4.78 is 0. The monoisotopic (exact) mass is 384 g/mol. The zero-order valence-corrected chi connectivity index (χ0v) is 16.1. The minimum atomic E-state index is -0.142. The molecule has 5 heteroatoms. The lowest BCUT2D eigenvalue weighted by Gasteiger charge is -2.22. The van der Waals surface area contributed by atoms with E-state index in [2.05, 4.69) is 10.6 Å². The lowest BCUT2D eigenvalue weighted by Crippen LogP contribution is -2.36. The minimum Gasteiger partial charge on any atom is -0.352 e. The highest BCUT2D eigenvalue weighted by Gasteiger charge is 2.16. The van der Waals surface area contributed by atoms with Gasteiger partial charge in [-0.05, 0) is 61.2 Å². The molecule has 1 saturated carbocycles. The Hall–Kier alpha value is -2.33. The minimum absolute atomic E-state index is 0.0604. The van der Waals surface area contributed by atoms with Gasteiger partial charge in [0.15, 0.2) is 0 Å². The van der Waals surface area contributed by atoms with Crippen LogP contribution in [0.5, 0.6) is 0 Å². The van der Waals surface area contributed by atoms with Gasteiger partial charge in [-0.2, -0.15) is 0 Å². The summed E-state index contributed by atoms with van der Waals surface area (Å²) in [6, 6.07) is 14.7. The maximum absolute atomic E-state index is 12.3. The number of halogens is 1. The van der Waals surface area contributed by atoms with E-state index in [9.17, 15) is 9.59 Å². The molecule has 4 nitrogen and oxygen atoms in total. The summed E-state index contributed by atoms with van der Waals surface area (Å²) in [4.78, 5) is 24.6. The Balaban J connectivity index is 1.48. The molecule has 0 bridgehead atoms. The van der Waals surface area contributed by atoms with Gasteiger partial charge in [0.05, 0.1) is 0 Å². The van der Waals surface area contributed by atoms with Crippen molar-refractivity contribution in [3.63, 3.8) is 0 Å². The molecule has 0 unspecified atom stereocenters. The Morgan fingerprint density at radius 2 is 1.59 bits per heavy atom. The Labute approximate surface area is 165 Å². The second-order valence-corrected chi connectivity index (χ2v) is 7.46. The molecule has 0 radical (unpaired) electrons. The van der Waals surface area contributed by atoms with Gasteiger partial charge in [0, 0.05) is 28.7 Å². The molecule has 2 N–H and O–H groups in total. The standard InChI is InChI=1S/C22H25ClN2O2/c23-19-6-4-5-16(15-19)13-14-24-21(26)17-9-11-18(12-10-17)22(27)25-20-7-2-1-3-8-20/h4-6,9-12,15,20H,1-3,7-8,13-14H2,(H,24,26)(H,25,27). The predicted octanol–water partition coefficient (Wildman–Crippen LogP) is 4.38. The summed E-state index contributed by atoms with van der Waals surface area (Å²) in [6.07, 6.45) is 6.44. The normalized spacial score (nSPS) is 14.6. The van der Waals surface area contributed by atoms with Crippen LogP contribution in [0.2, 0.25) is 5.02 Å². The SMILES string of the molecule is O=C(NCCc1cccc(Cl)c1)c1ccc(C(=O)NC2CCCCC2)cc1. The van der Waals surface area contributed by atoms with E-state index in [-0.39, 0.29) is 17.9 Å². The van der Waals surface area contributed by atoms with E-state index < -0.39 is 0 Å². The van der Waals surface area contributed by atoms with E-state index in [4.69, 9.17) is 11.6 Å². The van der Waals surface area contributed by atoms with Crippen LogP contribution in [-0.2, 0) is 6.42 Å². The van der Waals surface area contributed by atoms with Crippen molar-refractivity contribution in [3.05, 3.63) is 70.2 Å². The highest BCUT2D eigenvalue weighted by Crippen LogP contribution is 2.18. The molecule has 1 aliphatic rings. The largest absolute Gasteiger partial charge is 0.352 e. The topological polar surface area (TPSA) is 58.2 Å². The molecule has 0 saturated heterocycles. The van der Waals surface area contributed by atoms with Crippen LogP contribution in [0.3, 0.4) is 0 Å². The number of rotatable bonds is 6. The van der Waals surface area contributed by atoms with E-state index >= 15 is 0 Å². The molecular formula is C22H25ClN2O2. The second-order valence-electron chi connectivity index (χ2n) is 7.02. The summed E-state index contributed by atoms with van der Waals surface area (Å²) in [5.41, 5.74) is 2.23. The van der Waals surface area contributed by atoms with Crippen molar-refractivity contribution in [1.29, 1.82) is 0 Å². The maximum atomic E-state index is 12.3. The van der Waals surface area contributed by atoms with Crippen molar-refractivity contribution in [2.45, 2.75) is 44.6 Å². The number of carbonyl (C=O) groups excluding carboxylic acids is 2. The van der Waals surface area contributed by atoms with Crippen LogP contribution < -0.4 is 10.6 Å². The number of nitrogens with one attached hydrogen (secondary N) is 2. The van der Waals surface area contributed by atoms with E-state index in [1.54, 1.807) is 24.3 Å². The summed E-state index contributed by atoms with van der Waals surface area (Å²) >= 11 is 5.96. The van der Waals surface area contributed by atoms with Crippen LogP contribution in [0.25, 0.3) is 0 Å². The fourth-order valence-electron chi connectivity index (χ4n) is 3.40. The molecule has 0 aromatic heterocycles. The van der Waals surface area contributed by atoms with E-state index in [1.165, 1.54) is 19.3 Å². The zero-order chi connectivity index (χ0) is 19.1. The van der Waals surface area contributed by atoms with Crippen LogP contribution >= 0.6 is 11.6 Å². The molecule has 2 aromatic carbocycles. The molecule has 0 aliphatic heterocycles. The number of hydrogen-bond acceptors (Lipinski definition) is 2. The van der Waals surface area contributed by atoms with Gasteiger partial charge in [0.1, 0.15) is 0 Å². The molecule has 1 aliphatic carbocycles. The van der Waals surface area contributed by atoms with E-state index in [1.807, 2.05) is 24.3 Å². The van der Waals surface area contributed by atoms with Crippen molar-refractivity contribution in [2.75, 3.05) is 6.54 Å². The van der Waals surface area contributed by atoms with Crippen LogP contribution in [0.4, 0.5) is 0 Å². The first-order valence-electron chi connectivity index (χ1n) is 9.55. The highest BCUT2D eigenvalue weighted by molar-refractivity contribution is 6.30. The molecule has 3 rings (SSSR count). The number of benzene rings is 2. The molecule has 142 valence electrons. The Morgan fingerprint density at radius 1 is 0.926 bits per heavy atom. The third-order valence-corrected chi connectivity index (χ3v) is 5.17. The molecule has 0 heterocycles. The summed E-state index contributed by atoms with van der Waals surface area (Å²) in [7, 11) is 0. The fourth-order valence-corrected chi connectivity index (χ4v) is 3.62. The van der Waals surface area contributed by atoms with Crippen LogP contribution in [0, 0.1) is 0 Å². The van der Waals surface area contributed by atoms with E-state index in [0.717, 1.165) is 18.4 Å². The van der Waals surface area contributed by atoms with Gasteiger partial charge in [0.2, 0.25) is 0 Å². The van der Waals surface area contributed by atoms with Gasteiger partial charge in [-0.25, -0.2) is 0 Å². The molecule has 27 heavy (non-hydrogen) atoms. The van der Waals surface area contributed by atoms with Gasteiger partial charge in [0.25, 0.3) is 11.8 Å². The molecule has 0 atom stereocenters. The van der Waals surface area contributed by atoms with Crippen LogP contribution in [0.15, 0.2) is 48.5 Å². The lowest BCUT2D eigenvalue weighted by molar-refractivity contribution is 0.0923. The smallest absolute Gasteiger partial charge is 0.251 e. The average molecular weight is 385 g/mol. The Kier molecular flexibility index (Phi) is 6.88. The van der Waals surface area contributed by atoms with Crippen molar-refractivity contribution >= 4 is 23.4 Å². The first kappa shape index (κ1) is 19.4. The van der Waals surface area contributed by atoms with Crippen LogP contribution in [0.1, 0.15) is 58.4 Å². The average Bonchev–Trinajstić information content (AvgIpc) is 2.69. The Bertz CT molecular complexity index is 783. The number of carbonyl (C=O) groups is 2. The fraction of sp³-hybridized carbons (Fsp3) is 0.364. The highest BCUT2D eigenvalue weighted by atomic mass is 35.5. The predicted molar refractivity (Wildman–Crippen MR) is 108 cm³/mol. The molecule has 2 amide bonds.